The molecule has 0 radical (unpaired) electrons. The van der Waals surface area contributed by atoms with Crippen molar-refractivity contribution in [2.24, 2.45) is 0 Å². The first-order chi connectivity index (χ1) is 15.3. The van der Waals surface area contributed by atoms with E-state index in [4.69, 9.17) is 0 Å². The molecule has 6 nitrogen and oxygen atoms in total. The molecule has 3 aromatic rings. The van der Waals surface area contributed by atoms with E-state index >= 15 is 0 Å². The van der Waals surface area contributed by atoms with Crippen LogP contribution in [0, 0.1) is 0 Å². The number of para-hydroxylation sites is 1. The van der Waals surface area contributed by atoms with E-state index in [-0.39, 0.29) is 5.69 Å². The zero-order valence-electron chi connectivity index (χ0n) is 19.4. The molecule has 1 aromatic heterocycles. The predicted molar refractivity (Wildman–Crippen MR) is 130 cm³/mol. The first-order valence-electron chi connectivity index (χ1n) is 11.4. The maximum absolute atomic E-state index is 13.0. The number of piperazine rings is 1. The van der Waals surface area contributed by atoms with Crippen LogP contribution in [0.1, 0.15) is 25.0 Å². The number of nitrogens with zero attached hydrogens (tertiary/aromatic N) is 4. The Morgan fingerprint density at radius 1 is 0.938 bits per heavy atom. The molecule has 2 heterocycles. The van der Waals surface area contributed by atoms with Crippen molar-refractivity contribution in [1.29, 1.82) is 0 Å². The normalized spacial score (nSPS) is 15.3. The van der Waals surface area contributed by atoms with Gasteiger partial charge in [-0.15, -0.1) is 0 Å². The van der Waals surface area contributed by atoms with Crippen LogP contribution in [-0.4, -0.2) is 58.0 Å². The van der Waals surface area contributed by atoms with Crippen LogP contribution in [0.3, 0.4) is 0 Å². The summed E-state index contributed by atoms with van der Waals surface area (Å²) in [6.45, 7) is 8.46. The Kier molecular flexibility index (Phi) is 6.53. The van der Waals surface area contributed by atoms with Crippen LogP contribution in [-0.2, 0) is 19.4 Å². The molecule has 0 spiro atoms. The smallest absolute Gasteiger partial charge is 0.332 e. The van der Waals surface area contributed by atoms with Crippen molar-refractivity contribution in [3.63, 3.8) is 0 Å². The Bertz CT molecular complexity index is 1080. The van der Waals surface area contributed by atoms with Gasteiger partial charge in [0.2, 0.25) is 0 Å². The number of benzene rings is 2. The van der Waals surface area contributed by atoms with E-state index in [2.05, 4.69) is 41.1 Å². The molecular formula is C26H34N4O2. The number of imidazole rings is 1. The summed E-state index contributed by atoms with van der Waals surface area (Å²) in [7, 11) is 2.17. The van der Waals surface area contributed by atoms with Gasteiger partial charge in [0.25, 0.3) is 0 Å². The van der Waals surface area contributed by atoms with Crippen molar-refractivity contribution >= 4 is 5.69 Å². The van der Waals surface area contributed by atoms with E-state index < -0.39 is 5.60 Å². The van der Waals surface area contributed by atoms with Gasteiger partial charge >= 0.3 is 5.69 Å². The molecule has 170 valence electrons. The molecule has 1 N–H and O–H groups in total. The average molecular weight is 435 g/mol. The summed E-state index contributed by atoms with van der Waals surface area (Å²) >= 11 is 0. The van der Waals surface area contributed by atoms with Gasteiger partial charge in [-0.3, -0.25) is 9.13 Å². The summed E-state index contributed by atoms with van der Waals surface area (Å²) in [4.78, 5) is 17.8. The lowest BCUT2D eigenvalue weighted by atomic mass is 9.99. The first kappa shape index (κ1) is 22.4. The summed E-state index contributed by atoms with van der Waals surface area (Å²) in [5.74, 6) is 0. The minimum absolute atomic E-state index is 0.0303. The van der Waals surface area contributed by atoms with Gasteiger partial charge in [0.15, 0.2) is 0 Å². The van der Waals surface area contributed by atoms with Gasteiger partial charge < -0.3 is 14.9 Å². The lowest BCUT2D eigenvalue weighted by Gasteiger charge is -2.35. The molecule has 1 saturated heterocycles. The molecule has 32 heavy (non-hydrogen) atoms. The van der Waals surface area contributed by atoms with Crippen LogP contribution in [0.5, 0.6) is 0 Å². The number of likely N-dealkylation sites (N-methyl/N-ethyl adjacent to an activating group) is 1. The Hall–Kier alpha value is -2.83. The van der Waals surface area contributed by atoms with E-state index in [0.717, 1.165) is 43.9 Å². The van der Waals surface area contributed by atoms with Crippen LogP contribution >= 0.6 is 0 Å². The zero-order valence-corrected chi connectivity index (χ0v) is 19.4. The number of anilines is 1. The monoisotopic (exact) mass is 434 g/mol. The predicted octanol–water partition coefficient (Wildman–Crippen LogP) is 2.95. The zero-order chi connectivity index (χ0) is 22.7. The average Bonchev–Trinajstić information content (AvgIpc) is 3.13. The van der Waals surface area contributed by atoms with Gasteiger partial charge in [-0.05, 0) is 56.6 Å². The van der Waals surface area contributed by atoms with Gasteiger partial charge in [0.1, 0.15) is 0 Å². The van der Waals surface area contributed by atoms with Crippen molar-refractivity contribution < 1.29 is 5.11 Å². The molecular weight excluding hydrogens is 400 g/mol. The van der Waals surface area contributed by atoms with E-state index in [1.54, 1.807) is 23.0 Å². The molecule has 6 heteroatoms. The van der Waals surface area contributed by atoms with Crippen LogP contribution in [0.4, 0.5) is 5.69 Å². The highest BCUT2D eigenvalue weighted by atomic mass is 16.3. The molecule has 4 rings (SSSR count). The molecule has 1 fully saturated rings. The molecule has 1 aliphatic rings. The van der Waals surface area contributed by atoms with Crippen molar-refractivity contribution in [2.75, 3.05) is 38.1 Å². The first-order valence-corrected chi connectivity index (χ1v) is 11.4. The lowest BCUT2D eigenvalue weighted by molar-refractivity contribution is 0.0810. The van der Waals surface area contributed by atoms with Gasteiger partial charge in [-0.25, -0.2) is 4.79 Å². The number of rotatable bonds is 7. The lowest BCUT2D eigenvalue weighted by Crippen LogP contribution is -2.44. The fourth-order valence-corrected chi connectivity index (χ4v) is 4.37. The highest BCUT2D eigenvalue weighted by molar-refractivity contribution is 5.54. The van der Waals surface area contributed by atoms with Gasteiger partial charge in [0, 0.05) is 57.2 Å². The Balaban J connectivity index is 1.46. The van der Waals surface area contributed by atoms with E-state index in [1.807, 2.05) is 36.7 Å². The second-order valence-electron chi connectivity index (χ2n) is 9.47. The Labute approximate surface area is 190 Å². The number of aliphatic hydroxyl groups is 1. The second kappa shape index (κ2) is 9.35. The standard InChI is InChI=1S/C26H34N4O2/c1-26(2,32)20-21-8-10-23(11-9-21)30-19-18-29(25(30)31)13-12-22-6-4-5-7-24(22)28-16-14-27(3)15-17-28/h4-11,18-19,32H,12-17,20H2,1-3H3. The molecule has 2 aromatic carbocycles. The van der Waals surface area contributed by atoms with Crippen LogP contribution in [0.25, 0.3) is 5.69 Å². The van der Waals surface area contributed by atoms with Gasteiger partial charge in [-0.2, -0.15) is 0 Å². The van der Waals surface area contributed by atoms with Crippen molar-refractivity contribution in [3.8, 4) is 5.69 Å². The quantitative estimate of drug-likeness (QED) is 0.621. The van der Waals surface area contributed by atoms with E-state index in [1.165, 1.54) is 11.3 Å². The molecule has 0 atom stereocenters. The SMILES string of the molecule is CN1CCN(c2ccccc2CCn2ccn(-c3ccc(CC(C)(C)O)cc3)c2=O)CC1. The summed E-state index contributed by atoms with van der Waals surface area (Å²) in [5, 5.41) is 10.0. The Morgan fingerprint density at radius 2 is 1.62 bits per heavy atom. The van der Waals surface area contributed by atoms with Gasteiger partial charge in [0.05, 0.1) is 11.3 Å². The number of hydrogen-bond donors (Lipinski definition) is 1. The highest BCUT2D eigenvalue weighted by Crippen LogP contribution is 2.22. The van der Waals surface area contributed by atoms with Crippen LogP contribution < -0.4 is 10.6 Å². The molecule has 0 bridgehead atoms. The summed E-state index contributed by atoms with van der Waals surface area (Å²) in [6.07, 6.45) is 5.10. The molecule has 1 aliphatic heterocycles. The summed E-state index contributed by atoms with van der Waals surface area (Å²) < 4.78 is 3.46. The number of aryl methyl sites for hydroxylation is 2. The van der Waals surface area contributed by atoms with Crippen molar-refractivity contribution in [3.05, 3.63) is 82.5 Å². The topological polar surface area (TPSA) is 53.6 Å². The third-order valence-electron chi connectivity index (χ3n) is 6.16. The van der Waals surface area contributed by atoms with Crippen molar-refractivity contribution in [1.82, 2.24) is 14.0 Å². The van der Waals surface area contributed by atoms with Crippen LogP contribution in [0.15, 0.2) is 65.7 Å². The fourth-order valence-electron chi connectivity index (χ4n) is 4.37. The molecule has 0 amide bonds. The molecule has 0 unspecified atom stereocenters. The third-order valence-corrected chi connectivity index (χ3v) is 6.16. The molecule has 0 aliphatic carbocycles. The highest BCUT2D eigenvalue weighted by Gasteiger charge is 2.17. The number of aromatic nitrogens is 2. The van der Waals surface area contributed by atoms with E-state index in [9.17, 15) is 9.90 Å². The largest absolute Gasteiger partial charge is 0.390 e. The second-order valence-corrected chi connectivity index (χ2v) is 9.47. The van der Waals surface area contributed by atoms with Crippen molar-refractivity contribution in [2.45, 2.75) is 38.8 Å². The minimum atomic E-state index is -0.748. The Morgan fingerprint density at radius 3 is 2.31 bits per heavy atom. The number of hydrogen-bond acceptors (Lipinski definition) is 4. The summed E-state index contributed by atoms with van der Waals surface area (Å²) in [5.41, 5.74) is 3.68. The van der Waals surface area contributed by atoms with E-state index in [0.29, 0.717) is 13.0 Å². The van der Waals surface area contributed by atoms with Crippen LogP contribution in [0.2, 0.25) is 0 Å². The molecule has 0 saturated carbocycles. The summed E-state index contributed by atoms with van der Waals surface area (Å²) in [6, 6.07) is 16.4. The fraction of sp³-hybridized carbons (Fsp3) is 0.423. The van der Waals surface area contributed by atoms with Gasteiger partial charge in [-0.1, -0.05) is 30.3 Å². The third kappa shape index (κ3) is 5.31. The maximum Gasteiger partial charge on any atom is 0.332 e. The minimum Gasteiger partial charge on any atom is -0.390 e. The maximum atomic E-state index is 13.0.